The second-order valence-electron chi connectivity index (χ2n) is 5.55. The predicted molar refractivity (Wildman–Crippen MR) is 91.7 cm³/mol. The zero-order valence-corrected chi connectivity index (χ0v) is 14.1. The molecule has 0 aromatic heterocycles. The quantitative estimate of drug-likeness (QED) is 0.872. The zero-order chi connectivity index (χ0) is 18.0. The van der Waals surface area contributed by atoms with Gasteiger partial charge in [0.2, 0.25) is 0 Å². The van der Waals surface area contributed by atoms with Gasteiger partial charge in [-0.1, -0.05) is 12.1 Å². The van der Waals surface area contributed by atoms with E-state index < -0.39 is 16.1 Å². The van der Waals surface area contributed by atoms with Gasteiger partial charge in [-0.25, -0.2) is 8.42 Å². The molecule has 0 bridgehead atoms. The summed E-state index contributed by atoms with van der Waals surface area (Å²) in [6.07, 6.45) is -0.470. The number of sulfonamides is 1. The van der Waals surface area contributed by atoms with E-state index in [1.807, 2.05) is 6.07 Å². The Kier molecular flexibility index (Phi) is 4.33. The maximum Gasteiger partial charge on any atom is 0.265 e. The van der Waals surface area contributed by atoms with E-state index in [2.05, 4.69) is 10.0 Å². The molecule has 2 aromatic rings. The molecule has 0 spiro atoms. The largest absolute Gasteiger partial charge is 0.479 e. The number of anilines is 2. The molecule has 1 unspecified atom stereocenters. The van der Waals surface area contributed by atoms with Crippen molar-refractivity contribution in [3.8, 4) is 11.8 Å². The number of hydrogen-bond donors (Lipinski definition) is 2. The standard InChI is InChI=1S/C17H15N3O4S/c1-11-17(21)19-15-10-13(5-6-16(15)24-11)20-25(22,23)14-4-2-3-12(9-14)7-8-18/h2-6,9-11,20H,7H2,1H3,(H,19,21). The molecule has 0 radical (unpaired) electrons. The number of rotatable bonds is 4. The first kappa shape index (κ1) is 16.8. The number of benzene rings is 2. The second kappa shape index (κ2) is 6.45. The molecule has 1 aliphatic heterocycles. The third kappa shape index (κ3) is 3.56. The van der Waals surface area contributed by atoms with Crippen LogP contribution < -0.4 is 14.8 Å². The van der Waals surface area contributed by atoms with Crippen LogP contribution in [-0.4, -0.2) is 20.4 Å². The third-order valence-corrected chi connectivity index (χ3v) is 5.03. The van der Waals surface area contributed by atoms with Crippen molar-refractivity contribution in [3.63, 3.8) is 0 Å². The summed E-state index contributed by atoms with van der Waals surface area (Å²) in [5, 5.41) is 11.4. The molecule has 25 heavy (non-hydrogen) atoms. The van der Waals surface area contributed by atoms with Crippen LogP contribution in [0, 0.1) is 11.3 Å². The van der Waals surface area contributed by atoms with Crippen LogP contribution in [0.5, 0.6) is 5.75 Å². The van der Waals surface area contributed by atoms with Gasteiger partial charge in [-0.05, 0) is 42.8 Å². The molecule has 2 aromatic carbocycles. The first-order valence-corrected chi connectivity index (χ1v) is 8.97. The van der Waals surface area contributed by atoms with Gasteiger partial charge in [0, 0.05) is 0 Å². The monoisotopic (exact) mass is 357 g/mol. The average Bonchev–Trinajstić information content (AvgIpc) is 2.56. The van der Waals surface area contributed by atoms with Crippen molar-refractivity contribution in [2.45, 2.75) is 24.3 Å². The minimum absolute atomic E-state index is 0.0619. The van der Waals surface area contributed by atoms with Crippen LogP contribution in [0.3, 0.4) is 0 Å². The van der Waals surface area contributed by atoms with Crippen molar-refractivity contribution in [1.82, 2.24) is 0 Å². The van der Waals surface area contributed by atoms with Crippen LogP contribution in [0.15, 0.2) is 47.4 Å². The number of nitrogens with zero attached hydrogens (tertiary/aromatic N) is 1. The first-order chi connectivity index (χ1) is 11.9. The molecule has 0 aliphatic carbocycles. The molecular weight excluding hydrogens is 342 g/mol. The Labute approximate surface area is 145 Å². The van der Waals surface area contributed by atoms with Gasteiger partial charge in [0.25, 0.3) is 15.9 Å². The highest BCUT2D eigenvalue weighted by molar-refractivity contribution is 7.92. The fraction of sp³-hybridized carbons (Fsp3) is 0.176. The number of nitrogens with one attached hydrogen (secondary N) is 2. The topological polar surface area (TPSA) is 108 Å². The average molecular weight is 357 g/mol. The number of fused-ring (bicyclic) bond motifs is 1. The molecule has 1 amide bonds. The Bertz CT molecular complexity index is 980. The summed E-state index contributed by atoms with van der Waals surface area (Å²) in [6.45, 7) is 1.63. The number of nitriles is 1. The van der Waals surface area contributed by atoms with Crippen LogP contribution in [0.25, 0.3) is 0 Å². The molecule has 1 heterocycles. The Morgan fingerprint density at radius 3 is 2.84 bits per heavy atom. The van der Waals surface area contributed by atoms with E-state index in [1.54, 1.807) is 31.2 Å². The Morgan fingerprint density at radius 2 is 2.08 bits per heavy atom. The highest BCUT2D eigenvalue weighted by atomic mass is 32.2. The number of hydrogen-bond acceptors (Lipinski definition) is 5. The van der Waals surface area contributed by atoms with Crippen molar-refractivity contribution in [2.75, 3.05) is 10.0 Å². The molecule has 7 nitrogen and oxygen atoms in total. The van der Waals surface area contributed by atoms with Gasteiger partial charge >= 0.3 is 0 Å². The Morgan fingerprint density at radius 1 is 1.28 bits per heavy atom. The van der Waals surface area contributed by atoms with E-state index in [0.717, 1.165) is 0 Å². The van der Waals surface area contributed by atoms with E-state index in [4.69, 9.17) is 10.00 Å². The summed E-state index contributed by atoms with van der Waals surface area (Å²) in [4.78, 5) is 11.7. The van der Waals surface area contributed by atoms with Gasteiger partial charge in [0.15, 0.2) is 6.10 Å². The third-order valence-electron chi connectivity index (χ3n) is 3.65. The molecule has 0 saturated carbocycles. The molecule has 8 heteroatoms. The van der Waals surface area contributed by atoms with Crippen LogP contribution >= 0.6 is 0 Å². The molecule has 2 N–H and O–H groups in total. The molecule has 1 atom stereocenters. The van der Waals surface area contributed by atoms with E-state index in [1.165, 1.54) is 18.2 Å². The molecular formula is C17H15N3O4S. The number of carbonyl (C=O) groups excluding carboxylic acids is 1. The lowest BCUT2D eigenvalue weighted by molar-refractivity contribution is -0.122. The van der Waals surface area contributed by atoms with Crippen molar-refractivity contribution < 1.29 is 17.9 Å². The predicted octanol–water partition coefficient (Wildman–Crippen LogP) is 2.27. The maximum absolute atomic E-state index is 12.5. The minimum atomic E-state index is -3.82. The van der Waals surface area contributed by atoms with Gasteiger partial charge in [-0.3, -0.25) is 9.52 Å². The number of amides is 1. The van der Waals surface area contributed by atoms with Crippen LogP contribution in [0.1, 0.15) is 12.5 Å². The van der Waals surface area contributed by atoms with Crippen molar-refractivity contribution in [1.29, 1.82) is 5.26 Å². The van der Waals surface area contributed by atoms with E-state index >= 15 is 0 Å². The van der Waals surface area contributed by atoms with Crippen molar-refractivity contribution in [3.05, 3.63) is 48.0 Å². The Hall–Kier alpha value is -3.05. The van der Waals surface area contributed by atoms with E-state index in [9.17, 15) is 13.2 Å². The SMILES string of the molecule is CC1Oc2ccc(NS(=O)(=O)c3cccc(CC#N)c3)cc2NC1=O. The Balaban J connectivity index is 1.87. The lowest BCUT2D eigenvalue weighted by Gasteiger charge is -2.23. The van der Waals surface area contributed by atoms with Gasteiger partial charge in [-0.2, -0.15) is 5.26 Å². The molecule has 0 saturated heterocycles. The van der Waals surface area contributed by atoms with Gasteiger partial charge in [0.1, 0.15) is 5.75 Å². The van der Waals surface area contributed by atoms with Crippen LogP contribution in [0.4, 0.5) is 11.4 Å². The van der Waals surface area contributed by atoms with E-state index in [0.29, 0.717) is 22.7 Å². The second-order valence-corrected chi connectivity index (χ2v) is 7.23. The minimum Gasteiger partial charge on any atom is -0.479 e. The molecule has 128 valence electrons. The molecule has 3 rings (SSSR count). The summed E-state index contributed by atoms with van der Waals surface area (Å²) >= 11 is 0. The summed E-state index contributed by atoms with van der Waals surface area (Å²) in [7, 11) is -3.82. The van der Waals surface area contributed by atoms with Gasteiger partial charge < -0.3 is 10.1 Å². The summed E-state index contributed by atoms with van der Waals surface area (Å²) in [6, 6.07) is 12.8. The normalized spacial score (nSPS) is 16.2. The van der Waals surface area contributed by atoms with E-state index in [-0.39, 0.29) is 17.2 Å². The van der Waals surface area contributed by atoms with Crippen LogP contribution in [0.2, 0.25) is 0 Å². The smallest absolute Gasteiger partial charge is 0.265 e. The number of carbonyl (C=O) groups is 1. The highest BCUT2D eigenvalue weighted by Crippen LogP contribution is 2.32. The van der Waals surface area contributed by atoms with Crippen LogP contribution in [-0.2, 0) is 21.2 Å². The fourth-order valence-electron chi connectivity index (χ4n) is 2.40. The summed E-state index contributed by atoms with van der Waals surface area (Å²) in [5.41, 5.74) is 1.31. The lowest BCUT2D eigenvalue weighted by Crippen LogP contribution is -2.34. The zero-order valence-electron chi connectivity index (χ0n) is 13.3. The summed E-state index contributed by atoms with van der Waals surface area (Å²) < 4.78 is 33.0. The maximum atomic E-state index is 12.5. The molecule has 0 fully saturated rings. The first-order valence-electron chi connectivity index (χ1n) is 7.49. The summed E-state index contributed by atoms with van der Waals surface area (Å²) in [5.74, 6) is 0.183. The van der Waals surface area contributed by atoms with Crippen molar-refractivity contribution >= 4 is 27.3 Å². The highest BCUT2D eigenvalue weighted by Gasteiger charge is 2.24. The van der Waals surface area contributed by atoms with Gasteiger partial charge in [-0.15, -0.1) is 0 Å². The number of ether oxygens (including phenoxy) is 1. The lowest BCUT2D eigenvalue weighted by atomic mass is 10.2. The molecule has 1 aliphatic rings. The van der Waals surface area contributed by atoms with Gasteiger partial charge in [0.05, 0.1) is 28.8 Å². The fourth-order valence-corrected chi connectivity index (χ4v) is 3.52. The van der Waals surface area contributed by atoms with Crippen molar-refractivity contribution in [2.24, 2.45) is 0 Å².